The van der Waals surface area contributed by atoms with E-state index in [1.807, 2.05) is 54.0 Å². The number of hydrogen-bond donors (Lipinski definition) is 2. The Morgan fingerprint density at radius 1 is 1.28 bits per heavy atom. The molecule has 2 heterocycles. The Bertz CT molecular complexity index is 792. The van der Waals surface area contributed by atoms with Crippen molar-refractivity contribution in [2.75, 3.05) is 25.5 Å². The van der Waals surface area contributed by atoms with E-state index < -0.39 is 5.60 Å². The second kappa shape index (κ2) is 7.13. The normalized spacial score (nSPS) is 13.2. The summed E-state index contributed by atoms with van der Waals surface area (Å²) in [5, 5.41) is 17.7. The number of carbonyl (C=O) groups is 1. The topological polar surface area (TPSA) is 65.7 Å². The van der Waals surface area contributed by atoms with Crippen LogP contribution in [0.4, 0.5) is 5.69 Å². The van der Waals surface area contributed by atoms with Gasteiger partial charge in [0.25, 0.3) is 5.91 Å². The predicted molar refractivity (Wildman–Crippen MR) is 99.1 cm³/mol. The highest BCUT2D eigenvalue weighted by Gasteiger charge is 2.35. The van der Waals surface area contributed by atoms with E-state index in [-0.39, 0.29) is 12.5 Å². The zero-order valence-corrected chi connectivity index (χ0v) is 14.9. The summed E-state index contributed by atoms with van der Waals surface area (Å²) < 4.78 is 5.41. The Labute approximate surface area is 150 Å². The molecule has 3 aromatic rings. The van der Waals surface area contributed by atoms with Gasteiger partial charge in [0.1, 0.15) is 5.76 Å². The number of aliphatic hydroxyl groups is 1. The third-order valence-electron chi connectivity index (χ3n) is 4.06. The first-order valence-corrected chi connectivity index (χ1v) is 8.79. The Hall–Kier alpha value is -2.57. The summed E-state index contributed by atoms with van der Waals surface area (Å²) in [6, 6.07) is 12.6. The number of hydrogen-bond acceptors (Lipinski definition) is 5. The second-order valence-electron chi connectivity index (χ2n) is 5.98. The van der Waals surface area contributed by atoms with Crippen LogP contribution in [-0.4, -0.2) is 31.7 Å². The molecule has 2 N–H and O–H groups in total. The van der Waals surface area contributed by atoms with E-state index in [2.05, 4.69) is 5.32 Å². The van der Waals surface area contributed by atoms with E-state index in [0.717, 1.165) is 5.69 Å². The quantitative estimate of drug-likeness (QED) is 0.712. The molecule has 0 saturated carbocycles. The second-order valence-corrected chi connectivity index (χ2v) is 6.76. The highest BCUT2D eigenvalue weighted by Crippen LogP contribution is 2.31. The SMILES string of the molecule is CN(C)c1cccc(C(=O)NCC(O)(c2ccsc2)c2ccco2)c1. The van der Waals surface area contributed by atoms with Gasteiger partial charge in [-0.05, 0) is 47.2 Å². The Morgan fingerprint density at radius 2 is 2.12 bits per heavy atom. The molecule has 1 aromatic carbocycles. The summed E-state index contributed by atoms with van der Waals surface area (Å²) in [6.45, 7) is 0.0161. The molecule has 5 nitrogen and oxygen atoms in total. The lowest BCUT2D eigenvalue weighted by molar-refractivity contribution is 0.0528. The summed E-state index contributed by atoms with van der Waals surface area (Å²) in [5.74, 6) is 0.150. The van der Waals surface area contributed by atoms with Crippen LogP contribution in [0.2, 0.25) is 0 Å². The van der Waals surface area contributed by atoms with Gasteiger partial charge in [-0.25, -0.2) is 0 Å². The first-order valence-electron chi connectivity index (χ1n) is 7.85. The number of nitrogens with zero attached hydrogens (tertiary/aromatic N) is 1. The highest BCUT2D eigenvalue weighted by atomic mass is 32.1. The number of carbonyl (C=O) groups excluding carboxylic acids is 1. The number of furan rings is 1. The third kappa shape index (κ3) is 3.60. The highest BCUT2D eigenvalue weighted by molar-refractivity contribution is 7.08. The number of nitrogens with one attached hydrogen (secondary N) is 1. The van der Waals surface area contributed by atoms with Gasteiger partial charge in [0.05, 0.1) is 12.8 Å². The van der Waals surface area contributed by atoms with Crippen LogP contribution in [0.25, 0.3) is 0 Å². The molecular weight excluding hydrogens is 336 g/mol. The fourth-order valence-corrected chi connectivity index (χ4v) is 3.30. The molecule has 130 valence electrons. The fourth-order valence-electron chi connectivity index (χ4n) is 2.58. The average molecular weight is 356 g/mol. The molecule has 1 unspecified atom stereocenters. The molecule has 25 heavy (non-hydrogen) atoms. The minimum Gasteiger partial charge on any atom is -0.466 e. The standard InChI is InChI=1S/C19H20N2O3S/c1-21(2)16-6-3-5-14(11-16)18(22)20-13-19(23,15-8-10-25-12-15)17-7-4-9-24-17/h3-12,23H,13H2,1-2H3,(H,20,22). The van der Waals surface area contributed by atoms with Crippen molar-refractivity contribution in [1.82, 2.24) is 5.32 Å². The largest absolute Gasteiger partial charge is 0.466 e. The van der Waals surface area contributed by atoms with Crippen LogP contribution < -0.4 is 10.2 Å². The number of thiophene rings is 1. The maximum Gasteiger partial charge on any atom is 0.251 e. The van der Waals surface area contributed by atoms with E-state index >= 15 is 0 Å². The van der Waals surface area contributed by atoms with Gasteiger partial charge in [0.15, 0.2) is 5.60 Å². The van der Waals surface area contributed by atoms with Crippen molar-refractivity contribution >= 4 is 22.9 Å². The average Bonchev–Trinajstić information content (AvgIpc) is 3.33. The van der Waals surface area contributed by atoms with Gasteiger partial charge in [0.2, 0.25) is 0 Å². The van der Waals surface area contributed by atoms with E-state index in [1.54, 1.807) is 18.2 Å². The first-order chi connectivity index (χ1) is 12.0. The minimum atomic E-state index is -1.40. The van der Waals surface area contributed by atoms with Crippen LogP contribution >= 0.6 is 11.3 Å². The monoisotopic (exact) mass is 356 g/mol. The number of anilines is 1. The summed E-state index contributed by atoms with van der Waals surface area (Å²) >= 11 is 1.48. The molecule has 0 bridgehead atoms. The van der Waals surface area contributed by atoms with Crippen molar-refractivity contribution in [2.45, 2.75) is 5.60 Å². The van der Waals surface area contributed by atoms with E-state index in [9.17, 15) is 9.90 Å². The van der Waals surface area contributed by atoms with Gasteiger partial charge in [-0.2, -0.15) is 11.3 Å². The molecule has 1 amide bonds. The van der Waals surface area contributed by atoms with E-state index in [4.69, 9.17) is 4.42 Å². The molecule has 2 aromatic heterocycles. The first kappa shape index (κ1) is 17.3. The van der Waals surface area contributed by atoms with Crippen molar-refractivity contribution in [3.63, 3.8) is 0 Å². The lowest BCUT2D eigenvalue weighted by Crippen LogP contribution is -2.41. The zero-order valence-electron chi connectivity index (χ0n) is 14.1. The smallest absolute Gasteiger partial charge is 0.251 e. The number of amides is 1. The Morgan fingerprint density at radius 3 is 2.76 bits per heavy atom. The molecule has 0 fully saturated rings. The van der Waals surface area contributed by atoms with Crippen LogP contribution in [0.5, 0.6) is 0 Å². The molecule has 0 radical (unpaired) electrons. The van der Waals surface area contributed by atoms with Gasteiger partial charge >= 0.3 is 0 Å². The molecule has 3 rings (SSSR count). The predicted octanol–water partition coefficient (Wildman–Crippen LogP) is 3.07. The van der Waals surface area contributed by atoms with Crippen molar-refractivity contribution in [1.29, 1.82) is 0 Å². The summed E-state index contributed by atoms with van der Waals surface area (Å²) in [6.07, 6.45) is 1.51. The van der Waals surface area contributed by atoms with E-state index in [0.29, 0.717) is 16.9 Å². The van der Waals surface area contributed by atoms with Crippen LogP contribution in [0.15, 0.2) is 63.9 Å². The van der Waals surface area contributed by atoms with Gasteiger partial charge < -0.3 is 19.7 Å². The number of rotatable bonds is 6. The van der Waals surface area contributed by atoms with Crippen LogP contribution in [0.1, 0.15) is 21.7 Å². The van der Waals surface area contributed by atoms with Gasteiger partial charge in [0, 0.05) is 30.9 Å². The van der Waals surface area contributed by atoms with Crippen molar-refractivity contribution < 1.29 is 14.3 Å². The third-order valence-corrected chi connectivity index (χ3v) is 4.74. The Balaban J connectivity index is 1.80. The molecule has 0 aliphatic carbocycles. The molecule has 0 saturated heterocycles. The molecule has 0 spiro atoms. The van der Waals surface area contributed by atoms with Gasteiger partial charge in [-0.3, -0.25) is 4.79 Å². The maximum atomic E-state index is 12.5. The molecule has 6 heteroatoms. The molecule has 0 aliphatic rings. The molecular formula is C19H20N2O3S. The van der Waals surface area contributed by atoms with Crippen molar-refractivity contribution in [2.24, 2.45) is 0 Å². The number of benzene rings is 1. The van der Waals surface area contributed by atoms with Crippen LogP contribution in [-0.2, 0) is 5.60 Å². The maximum absolute atomic E-state index is 12.5. The Kier molecular flexibility index (Phi) is 4.92. The molecule has 1 atom stereocenters. The van der Waals surface area contributed by atoms with Crippen molar-refractivity contribution in [3.05, 3.63) is 76.4 Å². The van der Waals surface area contributed by atoms with Gasteiger partial charge in [-0.1, -0.05) is 6.07 Å². The lowest BCUT2D eigenvalue weighted by atomic mass is 9.93. The van der Waals surface area contributed by atoms with Crippen molar-refractivity contribution in [3.8, 4) is 0 Å². The fraction of sp³-hybridized carbons (Fsp3) is 0.211. The summed E-state index contributed by atoms with van der Waals surface area (Å²) in [7, 11) is 3.84. The summed E-state index contributed by atoms with van der Waals surface area (Å²) in [4.78, 5) is 14.5. The van der Waals surface area contributed by atoms with Gasteiger partial charge in [-0.15, -0.1) is 0 Å². The summed E-state index contributed by atoms with van der Waals surface area (Å²) in [5.41, 5.74) is 0.762. The minimum absolute atomic E-state index is 0.0161. The van der Waals surface area contributed by atoms with Crippen LogP contribution in [0, 0.1) is 0 Å². The zero-order chi connectivity index (χ0) is 17.9. The van der Waals surface area contributed by atoms with E-state index in [1.165, 1.54) is 17.6 Å². The van der Waals surface area contributed by atoms with Crippen LogP contribution in [0.3, 0.4) is 0 Å². The molecule has 0 aliphatic heterocycles. The lowest BCUT2D eigenvalue weighted by Gasteiger charge is -2.26.